The molecular formula is C10H14FNS. The van der Waals surface area contributed by atoms with Gasteiger partial charge in [-0.15, -0.1) is 11.8 Å². The zero-order valence-corrected chi connectivity index (χ0v) is 8.53. The summed E-state index contributed by atoms with van der Waals surface area (Å²) < 4.78 is 11.8. The first-order valence-electron chi connectivity index (χ1n) is 4.29. The smallest absolute Gasteiger partial charge is 0.0902 e. The van der Waals surface area contributed by atoms with Crippen molar-refractivity contribution < 1.29 is 4.39 Å². The van der Waals surface area contributed by atoms with E-state index < -0.39 is 0 Å². The van der Waals surface area contributed by atoms with E-state index in [1.54, 1.807) is 11.8 Å². The molecule has 3 heteroatoms. The van der Waals surface area contributed by atoms with Crippen molar-refractivity contribution in [3.63, 3.8) is 0 Å². The lowest BCUT2D eigenvalue weighted by Crippen LogP contribution is -1.89. The molecule has 1 aromatic carbocycles. The number of rotatable bonds is 4. The Kier molecular flexibility index (Phi) is 4.09. The molecular weight excluding hydrogens is 185 g/mol. The van der Waals surface area contributed by atoms with Crippen LogP contribution in [0.5, 0.6) is 0 Å². The van der Waals surface area contributed by atoms with Crippen molar-refractivity contribution >= 4 is 17.4 Å². The number of hydrogen-bond donors (Lipinski definition) is 1. The van der Waals surface area contributed by atoms with E-state index in [0.717, 1.165) is 17.0 Å². The van der Waals surface area contributed by atoms with Gasteiger partial charge in [0.1, 0.15) is 0 Å². The van der Waals surface area contributed by atoms with Gasteiger partial charge in [-0.05, 0) is 37.1 Å². The van der Waals surface area contributed by atoms with Crippen LogP contribution in [0, 0.1) is 6.92 Å². The highest BCUT2D eigenvalue weighted by Crippen LogP contribution is 2.22. The molecule has 0 spiro atoms. The van der Waals surface area contributed by atoms with Crippen LogP contribution in [0.3, 0.4) is 0 Å². The van der Waals surface area contributed by atoms with Crippen LogP contribution in [0.25, 0.3) is 0 Å². The number of thioether (sulfide) groups is 1. The number of benzene rings is 1. The van der Waals surface area contributed by atoms with E-state index >= 15 is 0 Å². The van der Waals surface area contributed by atoms with E-state index in [1.165, 1.54) is 4.90 Å². The molecule has 72 valence electrons. The zero-order valence-electron chi connectivity index (χ0n) is 7.72. The molecule has 0 aromatic heterocycles. The fourth-order valence-electron chi connectivity index (χ4n) is 0.983. The van der Waals surface area contributed by atoms with Crippen LogP contribution in [0.2, 0.25) is 0 Å². The number of nitrogen functional groups attached to an aromatic ring is 1. The second kappa shape index (κ2) is 5.12. The number of alkyl halides is 1. The third-order valence-electron chi connectivity index (χ3n) is 1.79. The molecule has 1 rings (SSSR count). The molecule has 0 aliphatic carbocycles. The Morgan fingerprint density at radius 3 is 2.85 bits per heavy atom. The van der Waals surface area contributed by atoms with E-state index in [4.69, 9.17) is 5.73 Å². The lowest BCUT2D eigenvalue weighted by Gasteiger charge is -2.03. The SMILES string of the molecule is Cc1cc(SCCCF)ccc1N. The minimum atomic E-state index is -0.235. The second-order valence-electron chi connectivity index (χ2n) is 2.91. The molecule has 0 bridgehead atoms. The van der Waals surface area contributed by atoms with Crippen molar-refractivity contribution in [2.75, 3.05) is 18.2 Å². The Labute approximate surface area is 82.5 Å². The summed E-state index contributed by atoms with van der Waals surface area (Å²) in [7, 11) is 0. The summed E-state index contributed by atoms with van der Waals surface area (Å²) in [6.45, 7) is 1.75. The fourth-order valence-corrected chi connectivity index (χ4v) is 1.90. The lowest BCUT2D eigenvalue weighted by molar-refractivity contribution is 0.489. The Balaban J connectivity index is 2.53. The normalized spacial score (nSPS) is 10.3. The maximum absolute atomic E-state index is 11.8. The third kappa shape index (κ3) is 3.27. The fraction of sp³-hybridized carbons (Fsp3) is 0.400. The average molecular weight is 199 g/mol. The Morgan fingerprint density at radius 1 is 1.46 bits per heavy atom. The molecule has 0 atom stereocenters. The van der Waals surface area contributed by atoms with Crippen molar-refractivity contribution in [2.45, 2.75) is 18.2 Å². The first-order chi connectivity index (χ1) is 6.24. The molecule has 0 saturated heterocycles. The van der Waals surface area contributed by atoms with E-state index in [0.29, 0.717) is 6.42 Å². The summed E-state index contributed by atoms with van der Waals surface area (Å²) >= 11 is 1.67. The number of halogens is 1. The first kappa shape index (κ1) is 10.4. The van der Waals surface area contributed by atoms with Crippen LogP contribution in [0.1, 0.15) is 12.0 Å². The van der Waals surface area contributed by atoms with Gasteiger partial charge in [-0.2, -0.15) is 0 Å². The monoisotopic (exact) mass is 199 g/mol. The highest BCUT2D eigenvalue weighted by molar-refractivity contribution is 7.99. The maximum atomic E-state index is 11.8. The molecule has 13 heavy (non-hydrogen) atoms. The molecule has 0 aliphatic rings. The first-order valence-corrected chi connectivity index (χ1v) is 5.27. The molecule has 1 aromatic rings. The van der Waals surface area contributed by atoms with Crippen LogP contribution in [-0.2, 0) is 0 Å². The topological polar surface area (TPSA) is 26.0 Å². The van der Waals surface area contributed by atoms with E-state index in [9.17, 15) is 4.39 Å². The predicted octanol–water partition coefficient (Wildman–Crippen LogP) is 3.03. The van der Waals surface area contributed by atoms with Gasteiger partial charge < -0.3 is 5.73 Å². The molecule has 0 fully saturated rings. The number of hydrogen-bond acceptors (Lipinski definition) is 2. The molecule has 0 heterocycles. The molecule has 0 saturated carbocycles. The van der Waals surface area contributed by atoms with Gasteiger partial charge in [-0.1, -0.05) is 0 Å². The summed E-state index contributed by atoms with van der Waals surface area (Å²) in [5.41, 5.74) is 7.58. The van der Waals surface area contributed by atoms with Crippen LogP contribution in [0.4, 0.5) is 10.1 Å². The summed E-state index contributed by atoms with van der Waals surface area (Å²) in [5.74, 6) is 0.833. The highest BCUT2D eigenvalue weighted by Gasteiger charge is 1.97. The van der Waals surface area contributed by atoms with Gasteiger partial charge in [0.2, 0.25) is 0 Å². The van der Waals surface area contributed by atoms with Gasteiger partial charge in [0, 0.05) is 16.3 Å². The van der Waals surface area contributed by atoms with Crippen LogP contribution in [0.15, 0.2) is 23.1 Å². The summed E-state index contributed by atoms with van der Waals surface area (Å²) in [6.07, 6.45) is 0.619. The highest BCUT2D eigenvalue weighted by atomic mass is 32.2. The lowest BCUT2D eigenvalue weighted by atomic mass is 10.2. The molecule has 0 amide bonds. The van der Waals surface area contributed by atoms with Gasteiger partial charge >= 0.3 is 0 Å². The van der Waals surface area contributed by atoms with Gasteiger partial charge in [-0.25, -0.2) is 0 Å². The molecule has 0 unspecified atom stereocenters. The third-order valence-corrected chi connectivity index (χ3v) is 2.87. The summed E-state index contributed by atoms with van der Waals surface area (Å²) in [6, 6.07) is 5.91. The summed E-state index contributed by atoms with van der Waals surface area (Å²) in [4.78, 5) is 1.17. The second-order valence-corrected chi connectivity index (χ2v) is 4.08. The van der Waals surface area contributed by atoms with E-state index in [1.807, 2.05) is 25.1 Å². The zero-order chi connectivity index (χ0) is 9.68. The number of nitrogens with two attached hydrogens (primary N) is 1. The predicted molar refractivity (Wildman–Crippen MR) is 56.9 cm³/mol. The number of anilines is 1. The average Bonchev–Trinajstić information content (AvgIpc) is 2.12. The van der Waals surface area contributed by atoms with E-state index in [-0.39, 0.29) is 6.67 Å². The minimum absolute atomic E-state index is 0.235. The van der Waals surface area contributed by atoms with Crippen molar-refractivity contribution in [3.05, 3.63) is 23.8 Å². The maximum Gasteiger partial charge on any atom is 0.0902 e. The molecule has 0 aliphatic heterocycles. The van der Waals surface area contributed by atoms with Crippen molar-refractivity contribution in [2.24, 2.45) is 0 Å². The molecule has 2 N–H and O–H groups in total. The number of aryl methyl sites for hydroxylation is 1. The van der Waals surface area contributed by atoms with Gasteiger partial charge in [0.25, 0.3) is 0 Å². The van der Waals surface area contributed by atoms with Gasteiger partial charge in [-0.3, -0.25) is 4.39 Å². The minimum Gasteiger partial charge on any atom is -0.399 e. The Hall–Kier alpha value is -0.700. The van der Waals surface area contributed by atoms with Crippen molar-refractivity contribution in [3.8, 4) is 0 Å². The Morgan fingerprint density at radius 2 is 2.23 bits per heavy atom. The van der Waals surface area contributed by atoms with Crippen LogP contribution < -0.4 is 5.73 Å². The van der Waals surface area contributed by atoms with Crippen LogP contribution in [-0.4, -0.2) is 12.4 Å². The molecule has 1 nitrogen and oxygen atoms in total. The Bertz CT molecular complexity index is 276. The molecule has 0 radical (unpaired) electrons. The van der Waals surface area contributed by atoms with Crippen LogP contribution >= 0.6 is 11.8 Å². The van der Waals surface area contributed by atoms with Crippen molar-refractivity contribution in [1.82, 2.24) is 0 Å². The van der Waals surface area contributed by atoms with Gasteiger partial charge in [0.15, 0.2) is 0 Å². The van der Waals surface area contributed by atoms with E-state index in [2.05, 4.69) is 0 Å². The van der Waals surface area contributed by atoms with Crippen molar-refractivity contribution in [1.29, 1.82) is 0 Å². The van der Waals surface area contributed by atoms with Gasteiger partial charge in [0.05, 0.1) is 6.67 Å². The summed E-state index contributed by atoms with van der Waals surface area (Å²) in [5, 5.41) is 0. The standard InChI is InChI=1S/C10H14FNS/c1-8-7-9(3-4-10(8)12)13-6-2-5-11/h3-4,7H,2,5-6,12H2,1H3. The largest absolute Gasteiger partial charge is 0.399 e. The quantitative estimate of drug-likeness (QED) is 0.458.